The second kappa shape index (κ2) is 5.93. The van der Waals surface area contributed by atoms with E-state index < -0.39 is 0 Å². The van der Waals surface area contributed by atoms with Crippen molar-refractivity contribution < 1.29 is 9.18 Å². The predicted octanol–water partition coefficient (Wildman–Crippen LogP) is 3.96. The first kappa shape index (κ1) is 15.2. The second-order valence-electron chi connectivity index (χ2n) is 6.94. The number of carbonyl (C=O) groups excluding carboxylic acids is 1. The molecular formula is C20H21FN2O. The van der Waals surface area contributed by atoms with Gasteiger partial charge < -0.3 is 10.6 Å². The molecule has 1 amide bonds. The molecule has 4 heteroatoms. The number of amides is 1. The van der Waals surface area contributed by atoms with Crippen LogP contribution in [0.1, 0.15) is 47.5 Å². The molecule has 0 saturated carbocycles. The molecule has 2 heterocycles. The van der Waals surface area contributed by atoms with Crippen molar-refractivity contribution >= 4 is 11.6 Å². The lowest BCUT2D eigenvalue weighted by Crippen LogP contribution is -2.46. The number of hydrogen-bond donors (Lipinski definition) is 1. The van der Waals surface area contributed by atoms with Crippen molar-refractivity contribution in [3.63, 3.8) is 0 Å². The van der Waals surface area contributed by atoms with Crippen LogP contribution in [0.25, 0.3) is 0 Å². The fourth-order valence-electron chi connectivity index (χ4n) is 4.29. The van der Waals surface area contributed by atoms with Gasteiger partial charge in [-0.1, -0.05) is 12.1 Å². The third-order valence-corrected chi connectivity index (χ3v) is 5.47. The van der Waals surface area contributed by atoms with Crippen LogP contribution in [0.5, 0.6) is 0 Å². The normalized spacial score (nSPS) is 25.7. The van der Waals surface area contributed by atoms with Crippen LogP contribution in [0, 0.1) is 5.82 Å². The highest BCUT2D eigenvalue weighted by Gasteiger charge is 2.43. The molecule has 2 aromatic carbocycles. The summed E-state index contributed by atoms with van der Waals surface area (Å²) in [5, 5.41) is 0. The zero-order valence-electron chi connectivity index (χ0n) is 13.5. The van der Waals surface area contributed by atoms with Gasteiger partial charge in [0.15, 0.2) is 0 Å². The zero-order chi connectivity index (χ0) is 16.7. The third kappa shape index (κ3) is 2.66. The van der Waals surface area contributed by atoms with E-state index in [0.29, 0.717) is 17.2 Å². The van der Waals surface area contributed by atoms with Crippen molar-refractivity contribution in [3.8, 4) is 0 Å². The fraction of sp³-hybridized carbons (Fsp3) is 0.350. The van der Waals surface area contributed by atoms with Crippen LogP contribution in [0.2, 0.25) is 0 Å². The Morgan fingerprint density at radius 2 is 1.54 bits per heavy atom. The monoisotopic (exact) mass is 324 g/mol. The molecule has 3 nitrogen and oxygen atoms in total. The standard InChI is InChI=1S/C20H21FN2O/c21-16-5-1-13(2-6-16)15-11-18-9-10-19(12-15)23(18)20(24)14-3-7-17(22)8-4-14/h1-8,15,18-19H,9-12,22H2. The molecule has 0 spiro atoms. The van der Waals surface area contributed by atoms with Gasteiger partial charge in [0.25, 0.3) is 5.91 Å². The highest BCUT2D eigenvalue weighted by Crippen LogP contribution is 2.43. The summed E-state index contributed by atoms with van der Waals surface area (Å²) in [7, 11) is 0. The second-order valence-corrected chi connectivity index (χ2v) is 6.94. The maximum Gasteiger partial charge on any atom is 0.254 e. The van der Waals surface area contributed by atoms with Gasteiger partial charge in [-0.25, -0.2) is 4.39 Å². The van der Waals surface area contributed by atoms with Gasteiger partial charge >= 0.3 is 0 Å². The van der Waals surface area contributed by atoms with Gasteiger partial charge in [-0.05, 0) is 73.6 Å². The maximum absolute atomic E-state index is 13.1. The summed E-state index contributed by atoms with van der Waals surface area (Å²) in [4.78, 5) is 15.0. The molecule has 0 aromatic heterocycles. The predicted molar refractivity (Wildman–Crippen MR) is 92.2 cm³/mol. The van der Waals surface area contributed by atoms with Crippen molar-refractivity contribution in [3.05, 3.63) is 65.5 Å². The van der Waals surface area contributed by atoms with Crippen molar-refractivity contribution in [1.29, 1.82) is 0 Å². The first-order valence-electron chi connectivity index (χ1n) is 8.55. The van der Waals surface area contributed by atoms with E-state index in [1.165, 1.54) is 17.7 Å². The van der Waals surface area contributed by atoms with Crippen LogP contribution in [0.15, 0.2) is 48.5 Å². The molecule has 2 aliphatic heterocycles. The molecule has 124 valence electrons. The number of rotatable bonds is 2. The number of fused-ring (bicyclic) bond motifs is 2. The van der Waals surface area contributed by atoms with Gasteiger partial charge in [-0.3, -0.25) is 4.79 Å². The molecule has 2 fully saturated rings. The van der Waals surface area contributed by atoms with E-state index in [1.54, 1.807) is 12.1 Å². The fourth-order valence-corrected chi connectivity index (χ4v) is 4.29. The van der Waals surface area contributed by atoms with E-state index >= 15 is 0 Å². The largest absolute Gasteiger partial charge is 0.399 e. The average Bonchev–Trinajstić information content (AvgIpc) is 2.85. The van der Waals surface area contributed by atoms with Gasteiger partial charge in [-0.2, -0.15) is 0 Å². The van der Waals surface area contributed by atoms with Crippen LogP contribution in [-0.4, -0.2) is 22.9 Å². The molecular weight excluding hydrogens is 303 g/mol. The maximum atomic E-state index is 13.1. The first-order valence-corrected chi connectivity index (χ1v) is 8.55. The van der Waals surface area contributed by atoms with Gasteiger partial charge in [0.2, 0.25) is 0 Å². The Kier molecular flexibility index (Phi) is 3.75. The number of benzene rings is 2. The van der Waals surface area contributed by atoms with Crippen molar-refractivity contribution in [2.75, 3.05) is 5.73 Å². The van der Waals surface area contributed by atoms with Gasteiger partial charge in [0, 0.05) is 23.3 Å². The minimum Gasteiger partial charge on any atom is -0.399 e. The Morgan fingerprint density at radius 1 is 0.958 bits per heavy atom. The minimum absolute atomic E-state index is 0.111. The van der Waals surface area contributed by atoms with Crippen molar-refractivity contribution in [1.82, 2.24) is 4.90 Å². The van der Waals surface area contributed by atoms with Gasteiger partial charge in [0.05, 0.1) is 0 Å². The van der Waals surface area contributed by atoms with E-state index in [2.05, 4.69) is 4.90 Å². The smallest absolute Gasteiger partial charge is 0.254 e. The van der Waals surface area contributed by atoms with Crippen LogP contribution in [0.3, 0.4) is 0 Å². The van der Waals surface area contributed by atoms with Crippen molar-refractivity contribution in [2.45, 2.75) is 43.7 Å². The molecule has 2 aromatic rings. The molecule has 24 heavy (non-hydrogen) atoms. The summed E-state index contributed by atoms with van der Waals surface area (Å²) in [6.45, 7) is 0. The highest BCUT2D eigenvalue weighted by atomic mass is 19.1. The average molecular weight is 324 g/mol. The van der Waals surface area contributed by atoms with E-state index in [9.17, 15) is 9.18 Å². The molecule has 2 N–H and O–H groups in total. The van der Waals surface area contributed by atoms with E-state index in [-0.39, 0.29) is 23.8 Å². The van der Waals surface area contributed by atoms with Gasteiger partial charge in [-0.15, -0.1) is 0 Å². The molecule has 2 saturated heterocycles. The SMILES string of the molecule is Nc1ccc(C(=O)N2C3CCC2CC(c2ccc(F)cc2)C3)cc1. The number of hydrogen-bond acceptors (Lipinski definition) is 2. The Bertz CT molecular complexity index is 727. The Morgan fingerprint density at radius 3 is 2.12 bits per heavy atom. The highest BCUT2D eigenvalue weighted by molar-refractivity contribution is 5.95. The lowest BCUT2D eigenvalue weighted by atomic mass is 9.85. The summed E-state index contributed by atoms with van der Waals surface area (Å²) in [6.07, 6.45) is 4.04. The lowest BCUT2D eigenvalue weighted by molar-refractivity contribution is 0.0571. The molecule has 2 bridgehead atoms. The molecule has 2 atom stereocenters. The van der Waals surface area contributed by atoms with Crippen LogP contribution in [0.4, 0.5) is 10.1 Å². The van der Waals surface area contributed by atoms with Crippen LogP contribution < -0.4 is 5.73 Å². The topological polar surface area (TPSA) is 46.3 Å². The summed E-state index contributed by atoms with van der Waals surface area (Å²) < 4.78 is 13.1. The van der Waals surface area contributed by atoms with Crippen LogP contribution >= 0.6 is 0 Å². The molecule has 0 radical (unpaired) electrons. The molecule has 2 aliphatic rings. The summed E-state index contributed by atoms with van der Waals surface area (Å²) in [5.41, 5.74) is 8.28. The number of anilines is 1. The molecule has 0 aliphatic carbocycles. The molecule has 4 rings (SSSR count). The van der Waals surface area contributed by atoms with E-state index in [0.717, 1.165) is 25.7 Å². The summed E-state index contributed by atoms with van der Waals surface area (Å²) in [5.74, 6) is 0.330. The first-order chi connectivity index (χ1) is 11.6. The summed E-state index contributed by atoms with van der Waals surface area (Å²) in [6, 6.07) is 14.6. The van der Waals surface area contributed by atoms with Crippen molar-refractivity contribution in [2.24, 2.45) is 0 Å². The lowest BCUT2D eigenvalue weighted by Gasteiger charge is -2.39. The number of nitrogens with zero attached hydrogens (tertiary/aromatic N) is 1. The number of nitrogen functional groups attached to an aromatic ring is 1. The third-order valence-electron chi connectivity index (χ3n) is 5.47. The quantitative estimate of drug-likeness (QED) is 0.850. The Balaban J connectivity index is 1.53. The number of carbonyl (C=O) groups is 1. The van der Waals surface area contributed by atoms with E-state index in [1.807, 2.05) is 24.3 Å². The zero-order valence-corrected chi connectivity index (χ0v) is 13.5. The number of halogens is 1. The summed E-state index contributed by atoms with van der Waals surface area (Å²) >= 11 is 0. The Labute approximate surface area is 141 Å². The van der Waals surface area contributed by atoms with Gasteiger partial charge in [0.1, 0.15) is 5.82 Å². The van der Waals surface area contributed by atoms with E-state index in [4.69, 9.17) is 5.73 Å². The number of piperidine rings is 1. The minimum atomic E-state index is -0.197. The molecule has 2 unspecified atom stereocenters. The number of nitrogens with two attached hydrogens (primary N) is 1. The van der Waals surface area contributed by atoms with Crippen LogP contribution in [-0.2, 0) is 0 Å². The Hall–Kier alpha value is -2.36.